The van der Waals surface area contributed by atoms with Crippen LogP contribution in [-0.4, -0.2) is 37.6 Å². The number of para-hydroxylation sites is 2. The third kappa shape index (κ3) is 4.25. The molecule has 4 rings (SSSR count). The molecule has 3 N–H and O–H groups in total. The molecule has 0 radical (unpaired) electrons. The Balaban J connectivity index is 1.18. The van der Waals surface area contributed by atoms with Crippen LogP contribution in [0, 0.1) is 0 Å². The SMILES string of the molecule is O=C(NCCCCCc1nc2ccccc2[nH]1)c1cc(-c2ccccn2)n[nH]1. The number of aromatic amines is 2. The Morgan fingerprint density at radius 2 is 1.89 bits per heavy atom. The third-order valence-corrected chi connectivity index (χ3v) is 4.56. The van der Waals surface area contributed by atoms with Crippen molar-refractivity contribution in [1.82, 2.24) is 30.5 Å². The first-order valence-corrected chi connectivity index (χ1v) is 9.48. The van der Waals surface area contributed by atoms with E-state index in [2.05, 4.69) is 30.5 Å². The van der Waals surface area contributed by atoms with Crippen molar-refractivity contribution < 1.29 is 4.79 Å². The second-order valence-electron chi connectivity index (χ2n) is 6.65. The van der Waals surface area contributed by atoms with Crippen molar-refractivity contribution in [1.29, 1.82) is 0 Å². The van der Waals surface area contributed by atoms with E-state index in [1.165, 1.54) is 0 Å². The average Bonchev–Trinajstić information content (AvgIpc) is 3.38. The summed E-state index contributed by atoms with van der Waals surface area (Å²) < 4.78 is 0. The normalized spacial score (nSPS) is 11.0. The highest BCUT2D eigenvalue weighted by atomic mass is 16.1. The van der Waals surface area contributed by atoms with Crippen LogP contribution in [0.2, 0.25) is 0 Å². The molecule has 0 atom stereocenters. The molecule has 0 spiro atoms. The highest BCUT2D eigenvalue weighted by Gasteiger charge is 2.11. The van der Waals surface area contributed by atoms with Gasteiger partial charge >= 0.3 is 0 Å². The molecule has 7 heteroatoms. The number of imidazole rings is 1. The number of benzene rings is 1. The number of H-pyrrole nitrogens is 2. The number of aromatic nitrogens is 5. The molecule has 142 valence electrons. The maximum absolute atomic E-state index is 12.2. The molecular weight excluding hydrogens is 352 g/mol. The summed E-state index contributed by atoms with van der Waals surface area (Å²) >= 11 is 0. The highest BCUT2D eigenvalue weighted by Crippen LogP contribution is 2.14. The number of nitrogens with zero attached hydrogens (tertiary/aromatic N) is 3. The van der Waals surface area contributed by atoms with Crippen molar-refractivity contribution in [2.45, 2.75) is 25.7 Å². The molecule has 0 aliphatic heterocycles. The van der Waals surface area contributed by atoms with E-state index in [0.29, 0.717) is 17.9 Å². The van der Waals surface area contributed by atoms with Crippen molar-refractivity contribution >= 4 is 16.9 Å². The van der Waals surface area contributed by atoms with E-state index in [1.807, 2.05) is 42.5 Å². The molecule has 0 saturated heterocycles. The van der Waals surface area contributed by atoms with Gasteiger partial charge in [-0.15, -0.1) is 0 Å². The van der Waals surface area contributed by atoms with Gasteiger partial charge in [0.2, 0.25) is 0 Å². The summed E-state index contributed by atoms with van der Waals surface area (Å²) in [6.07, 6.45) is 5.60. The van der Waals surface area contributed by atoms with Gasteiger partial charge in [-0.05, 0) is 43.2 Å². The van der Waals surface area contributed by atoms with Crippen LogP contribution in [0.1, 0.15) is 35.6 Å². The van der Waals surface area contributed by atoms with E-state index in [-0.39, 0.29) is 5.91 Å². The standard InChI is InChI=1S/C21H22N6O/c28-21(19-14-18(26-27-19)15-8-5-7-12-22-15)23-13-6-1-2-11-20-24-16-9-3-4-10-17(16)25-20/h3-5,7-10,12,14H,1-2,6,11,13H2,(H,23,28)(H,24,25)(H,26,27). The Labute approximate surface area is 162 Å². The maximum atomic E-state index is 12.2. The monoisotopic (exact) mass is 374 g/mol. The Kier molecular flexibility index (Phi) is 5.42. The van der Waals surface area contributed by atoms with E-state index < -0.39 is 0 Å². The van der Waals surface area contributed by atoms with Crippen molar-refractivity contribution in [3.05, 3.63) is 66.2 Å². The number of rotatable bonds is 8. The number of hydrogen-bond acceptors (Lipinski definition) is 4. The molecule has 1 aromatic carbocycles. The number of amides is 1. The molecule has 4 aromatic rings. The van der Waals surface area contributed by atoms with Gasteiger partial charge in [-0.3, -0.25) is 14.9 Å². The Hall–Kier alpha value is -3.48. The van der Waals surface area contributed by atoms with Crippen LogP contribution in [0.15, 0.2) is 54.7 Å². The molecule has 7 nitrogen and oxygen atoms in total. The molecular formula is C21H22N6O. The van der Waals surface area contributed by atoms with Crippen LogP contribution in [0.25, 0.3) is 22.4 Å². The fraction of sp³-hybridized carbons (Fsp3) is 0.238. The fourth-order valence-corrected chi connectivity index (χ4v) is 3.10. The molecule has 0 fully saturated rings. The summed E-state index contributed by atoms with van der Waals surface area (Å²) in [6, 6.07) is 15.4. The minimum atomic E-state index is -0.146. The lowest BCUT2D eigenvalue weighted by Crippen LogP contribution is -2.24. The molecule has 0 bridgehead atoms. The van der Waals surface area contributed by atoms with Crippen LogP contribution in [-0.2, 0) is 6.42 Å². The van der Waals surface area contributed by atoms with Gasteiger partial charge in [0.15, 0.2) is 0 Å². The van der Waals surface area contributed by atoms with Gasteiger partial charge in [0.1, 0.15) is 17.2 Å². The smallest absolute Gasteiger partial charge is 0.269 e. The summed E-state index contributed by atoms with van der Waals surface area (Å²) in [7, 11) is 0. The highest BCUT2D eigenvalue weighted by molar-refractivity contribution is 5.93. The second kappa shape index (κ2) is 8.47. The average molecular weight is 374 g/mol. The number of hydrogen-bond donors (Lipinski definition) is 3. The predicted molar refractivity (Wildman–Crippen MR) is 108 cm³/mol. The van der Waals surface area contributed by atoms with Crippen molar-refractivity contribution in [3.8, 4) is 11.4 Å². The maximum Gasteiger partial charge on any atom is 0.269 e. The third-order valence-electron chi connectivity index (χ3n) is 4.56. The van der Waals surface area contributed by atoms with Gasteiger partial charge < -0.3 is 10.3 Å². The van der Waals surface area contributed by atoms with Crippen LogP contribution in [0.5, 0.6) is 0 Å². The number of pyridine rings is 1. The largest absolute Gasteiger partial charge is 0.351 e. The van der Waals surface area contributed by atoms with E-state index in [4.69, 9.17) is 0 Å². The van der Waals surface area contributed by atoms with Crippen molar-refractivity contribution in [2.75, 3.05) is 6.54 Å². The van der Waals surface area contributed by atoms with Crippen LogP contribution in [0.4, 0.5) is 0 Å². The van der Waals surface area contributed by atoms with Crippen LogP contribution in [0.3, 0.4) is 0 Å². The first kappa shape index (κ1) is 17.9. The minimum Gasteiger partial charge on any atom is -0.351 e. The molecule has 28 heavy (non-hydrogen) atoms. The first-order chi connectivity index (χ1) is 13.8. The Bertz CT molecular complexity index is 1020. The summed E-state index contributed by atoms with van der Waals surface area (Å²) in [5.74, 6) is 0.872. The number of fused-ring (bicyclic) bond motifs is 1. The van der Waals surface area contributed by atoms with Gasteiger partial charge in [0.05, 0.1) is 16.7 Å². The molecule has 0 saturated carbocycles. The molecule has 0 aliphatic carbocycles. The molecule has 3 aromatic heterocycles. The zero-order valence-electron chi connectivity index (χ0n) is 15.5. The van der Waals surface area contributed by atoms with E-state index >= 15 is 0 Å². The quantitative estimate of drug-likeness (QED) is 0.411. The first-order valence-electron chi connectivity index (χ1n) is 9.48. The Morgan fingerprint density at radius 1 is 1.00 bits per heavy atom. The van der Waals surface area contributed by atoms with E-state index in [0.717, 1.165) is 48.2 Å². The number of unbranched alkanes of at least 4 members (excludes halogenated alkanes) is 2. The van der Waals surface area contributed by atoms with Crippen molar-refractivity contribution in [2.24, 2.45) is 0 Å². The predicted octanol–water partition coefficient (Wildman–Crippen LogP) is 3.49. The lowest BCUT2D eigenvalue weighted by atomic mass is 10.2. The number of carbonyl (C=O) groups excluding carboxylic acids is 1. The van der Waals surface area contributed by atoms with E-state index in [9.17, 15) is 4.79 Å². The lowest BCUT2D eigenvalue weighted by Gasteiger charge is -2.03. The van der Waals surface area contributed by atoms with E-state index in [1.54, 1.807) is 12.3 Å². The van der Waals surface area contributed by atoms with Gasteiger partial charge in [-0.2, -0.15) is 5.10 Å². The number of carbonyl (C=O) groups is 1. The number of aryl methyl sites for hydroxylation is 1. The van der Waals surface area contributed by atoms with Gasteiger partial charge in [-0.1, -0.05) is 24.6 Å². The fourth-order valence-electron chi connectivity index (χ4n) is 3.10. The van der Waals surface area contributed by atoms with Crippen LogP contribution >= 0.6 is 0 Å². The van der Waals surface area contributed by atoms with Crippen molar-refractivity contribution in [3.63, 3.8) is 0 Å². The van der Waals surface area contributed by atoms with Crippen LogP contribution < -0.4 is 5.32 Å². The molecule has 1 amide bonds. The summed E-state index contributed by atoms with van der Waals surface area (Å²) in [5, 5.41) is 9.86. The minimum absolute atomic E-state index is 0.146. The summed E-state index contributed by atoms with van der Waals surface area (Å²) in [4.78, 5) is 24.4. The summed E-state index contributed by atoms with van der Waals surface area (Å²) in [6.45, 7) is 0.636. The van der Waals surface area contributed by atoms with Gasteiger partial charge in [0, 0.05) is 19.2 Å². The molecule has 0 aliphatic rings. The molecule has 0 unspecified atom stereocenters. The topological polar surface area (TPSA) is 99.3 Å². The second-order valence-corrected chi connectivity index (χ2v) is 6.65. The zero-order chi connectivity index (χ0) is 19.2. The summed E-state index contributed by atoms with van der Waals surface area (Å²) in [5.41, 5.74) is 3.94. The van der Waals surface area contributed by atoms with Gasteiger partial charge in [0.25, 0.3) is 5.91 Å². The lowest BCUT2D eigenvalue weighted by molar-refractivity contribution is 0.0948. The Morgan fingerprint density at radius 3 is 2.75 bits per heavy atom. The van der Waals surface area contributed by atoms with Gasteiger partial charge in [-0.25, -0.2) is 4.98 Å². The molecule has 3 heterocycles. The number of nitrogens with one attached hydrogen (secondary N) is 3. The zero-order valence-corrected chi connectivity index (χ0v) is 15.5.